The molecule has 168 valence electrons. The van der Waals surface area contributed by atoms with E-state index in [-0.39, 0.29) is 46.7 Å². The second-order valence-corrected chi connectivity index (χ2v) is 7.44. The van der Waals surface area contributed by atoms with Crippen molar-refractivity contribution in [1.29, 1.82) is 0 Å². The summed E-state index contributed by atoms with van der Waals surface area (Å²) < 4.78 is 47.6. The normalized spacial score (nSPS) is 12.1. The molecule has 0 unspecified atom stereocenters. The average molecular weight is 469 g/mol. The van der Waals surface area contributed by atoms with Crippen LogP contribution in [0.3, 0.4) is 0 Å². The first-order valence-electron chi connectivity index (χ1n) is 9.40. The summed E-state index contributed by atoms with van der Waals surface area (Å²) in [7, 11) is 2.86. The second kappa shape index (κ2) is 7.93. The van der Waals surface area contributed by atoms with E-state index >= 15 is 0 Å². The summed E-state index contributed by atoms with van der Waals surface area (Å²) in [5.41, 5.74) is -1.30. The van der Waals surface area contributed by atoms with Gasteiger partial charge in [0.05, 0.1) is 5.56 Å². The van der Waals surface area contributed by atoms with Crippen molar-refractivity contribution in [3.63, 3.8) is 0 Å². The van der Waals surface area contributed by atoms with E-state index in [1.807, 2.05) is 0 Å². The third-order valence-electron chi connectivity index (χ3n) is 4.99. The largest absolute Gasteiger partial charge is 0.416 e. The summed E-state index contributed by atoms with van der Waals surface area (Å²) in [5.74, 6) is 0.263. The Balaban J connectivity index is 1.53. The van der Waals surface area contributed by atoms with Crippen molar-refractivity contribution in [2.75, 3.05) is 0 Å². The molecule has 0 fully saturated rings. The minimum atomic E-state index is -4.48. The molecule has 0 saturated carbocycles. The maximum absolute atomic E-state index is 12.9. The van der Waals surface area contributed by atoms with E-state index in [1.165, 1.54) is 35.4 Å². The first kappa shape index (κ1) is 21.8. The van der Waals surface area contributed by atoms with Crippen LogP contribution < -0.4 is 11.2 Å². The van der Waals surface area contributed by atoms with Gasteiger partial charge in [-0.2, -0.15) is 23.1 Å². The van der Waals surface area contributed by atoms with Crippen LogP contribution in [0, 0.1) is 0 Å². The number of nitrogens with zero attached hydrogens (tertiary/aromatic N) is 6. The molecule has 0 spiro atoms. The van der Waals surface area contributed by atoms with Crippen molar-refractivity contribution < 1.29 is 17.7 Å². The molecule has 0 saturated heterocycles. The predicted molar refractivity (Wildman–Crippen MR) is 108 cm³/mol. The quantitative estimate of drug-likeness (QED) is 0.417. The van der Waals surface area contributed by atoms with Crippen molar-refractivity contribution >= 4 is 22.8 Å². The topological polar surface area (TPSA) is 101 Å². The fourth-order valence-corrected chi connectivity index (χ4v) is 3.57. The van der Waals surface area contributed by atoms with Crippen LogP contribution in [-0.2, 0) is 33.2 Å². The molecule has 0 N–H and O–H groups in total. The number of alkyl halides is 3. The number of aromatic nitrogens is 6. The maximum atomic E-state index is 12.9. The first-order valence-corrected chi connectivity index (χ1v) is 9.77. The molecule has 32 heavy (non-hydrogen) atoms. The number of benzene rings is 1. The molecule has 13 heteroatoms. The van der Waals surface area contributed by atoms with Crippen LogP contribution in [0.4, 0.5) is 13.2 Å². The van der Waals surface area contributed by atoms with Crippen molar-refractivity contribution in [2.45, 2.75) is 25.6 Å². The Labute approximate surface area is 182 Å². The molecule has 3 aromatic heterocycles. The van der Waals surface area contributed by atoms with Gasteiger partial charge < -0.3 is 9.09 Å². The molecule has 4 rings (SSSR count). The standard InChI is InChI=1S/C19H16ClF3N6O3/c1-27-15-13(16(30)28(2)18(27)31)29(17(20)25-15)8-4-7-12-24-14(26-32-12)10-5-3-6-11(9-10)19(21,22)23/h3,5-6,9H,4,7-8H2,1-2H3. The summed E-state index contributed by atoms with van der Waals surface area (Å²) >= 11 is 6.18. The Morgan fingerprint density at radius 3 is 2.59 bits per heavy atom. The molecule has 0 aliphatic carbocycles. The Morgan fingerprint density at radius 2 is 1.88 bits per heavy atom. The SMILES string of the molecule is Cn1c(=O)c2c(nc(Cl)n2CCCc2nc(-c3cccc(C(F)(F)F)c3)no2)n(C)c1=O. The summed E-state index contributed by atoms with van der Waals surface area (Å²) in [6.45, 7) is 0.268. The monoisotopic (exact) mass is 468 g/mol. The van der Waals surface area contributed by atoms with E-state index < -0.39 is 23.0 Å². The van der Waals surface area contributed by atoms with E-state index in [0.717, 1.165) is 16.7 Å². The van der Waals surface area contributed by atoms with Crippen LogP contribution in [0.25, 0.3) is 22.6 Å². The molecule has 4 aromatic rings. The molecular formula is C19H16ClF3N6O3. The van der Waals surface area contributed by atoms with Crippen molar-refractivity contribution in [1.82, 2.24) is 28.8 Å². The highest BCUT2D eigenvalue weighted by molar-refractivity contribution is 6.29. The van der Waals surface area contributed by atoms with Crippen LogP contribution in [0.1, 0.15) is 17.9 Å². The number of rotatable bonds is 5. The number of hydrogen-bond donors (Lipinski definition) is 0. The Kier molecular flexibility index (Phi) is 5.41. The minimum Gasteiger partial charge on any atom is -0.339 e. The number of hydrogen-bond acceptors (Lipinski definition) is 6. The summed E-state index contributed by atoms with van der Waals surface area (Å²) in [6.07, 6.45) is -3.77. The lowest BCUT2D eigenvalue weighted by atomic mass is 10.1. The first-order chi connectivity index (χ1) is 15.1. The van der Waals surface area contributed by atoms with Crippen LogP contribution in [0.2, 0.25) is 5.28 Å². The van der Waals surface area contributed by atoms with E-state index in [4.69, 9.17) is 16.1 Å². The van der Waals surface area contributed by atoms with Crippen molar-refractivity contribution in [2.24, 2.45) is 14.1 Å². The van der Waals surface area contributed by atoms with E-state index in [2.05, 4.69) is 15.1 Å². The van der Waals surface area contributed by atoms with Crippen LogP contribution in [0.5, 0.6) is 0 Å². The fourth-order valence-electron chi connectivity index (χ4n) is 3.32. The highest BCUT2D eigenvalue weighted by Crippen LogP contribution is 2.31. The zero-order chi connectivity index (χ0) is 23.2. The molecule has 0 radical (unpaired) electrons. The van der Waals surface area contributed by atoms with Crippen molar-refractivity contribution in [3.8, 4) is 11.4 Å². The Bertz CT molecular complexity index is 1430. The minimum absolute atomic E-state index is 0.0427. The van der Waals surface area contributed by atoms with Gasteiger partial charge in [-0.3, -0.25) is 13.9 Å². The maximum Gasteiger partial charge on any atom is 0.416 e. The molecule has 0 amide bonds. The van der Waals surface area contributed by atoms with E-state index in [0.29, 0.717) is 6.42 Å². The highest BCUT2D eigenvalue weighted by Gasteiger charge is 2.30. The molecule has 0 aliphatic heterocycles. The summed E-state index contributed by atoms with van der Waals surface area (Å²) in [5, 5.41) is 3.80. The molecule has 9 nitrogen and oxygen atoms in total. The number of imidazole rings is 1. The van der Waals surface area contributed by atoms with Gasteiger partial charge in [0.1, 0.15) is 0 Å². The van der Waals surface area contributed by atoms with E-state index in [9.17, 15) is 22.8 Å². The molecule has 0 bridgehead atoms. The number of aryl methyl sites for hydroxylation is 3. The Hall–Kier alpha value is -3.41. The van der Waals surface area contributed by atoms with Crippen LogP contribution in [0.15, 0.2) is 38.4 Å². The summed E-state index contributed by atoms with van der Waals surface area (Å²) in [4.78, 5) is 32.9. The lowest BCUT2D eigenvalue weighted by molar-refractivity contribution is -0.137. The fraction of sp³-hybridized carbons (Fsp3) is 0.316. The lowest BCUT2D eigenvalue weighted by Crippen LogP contribution is -2.37. The van der Waals surface area contributed by atoms with Gasteiger partial charge in [-0.15, -0.1) is 0 Å². The van der Waals surface area contributed by atoms with Gasteiger partial charge in [-0.05, 0) is 30.2 Å². The molecule has 0 aliphatic rings. The predicted octanol–water partition coefficient (Wildman–Crippen LogP) is 2.79. The lowest BCUT2D eigenvalue weighted by Gasteiger charge is -2.06. The summed E-state index contributed by atoms with van der Waals surface area (Å²) in [6, 6.07) is 4.64. The second-order valence-electron chi connectivity index (χ2n) is 7.10. The van der Waals surface area contributed by atoms with Gasteiger partial charge in [0.15, 0.2) is 11.2 Å². The Morgan fingerprint density at radius 1 is 1.12 bits per heavy atom. The number of halogens is 4. The van der Waals surface area contributed by atoms with Crippen molar-refractivity contribution in [3.05, 3.63) is 61.8 Å². The molecule has 3 heterocycles. The van der Waals surface area contributed by atoms with Gasteiger partial charge in [0.2, 0.25) is 17.0 Å². The molecule has 1 aromatic carbocycles. The third-order valence-corrected chi connectivity index (χ3v) is 5.28. The third kappa shape index (κ3) is 3.81. The van der Waals surface area contributed by atoms with Gasteiger partial charge in [0, 0.05) is 32.6 Å². The molecular weight excluding hydrogens is 453 g/mol. The average Bonchev–Trinajstić information content (AvgIpc) is 3.35. The van der Waals surface area contributed by atoms with Gasteiger partial charge in [-0.1, -0.05) is 17.3 Å². The van der Waals surface area contributed by atoms with Gasteiger partial charge in [-0.25, -0.2) is 4.79 Å². The number of fused-ring (bicyclic) bond motifs is 1. The zero-order valence-corrected chi connectivity index (χ0v) is 17.6. The van der Waals surface area contributed by atoms with Gasteiger partial charge >= 0.3 is 11.9 Å². The van der Waals surface area contributed by atoms with Crippen LogP contribution >= 0.6 is 11.6 Å². The zero-order valence-electron chi connectivity index (χ0n) is 16.9. The van der Waals surface area contributed by atoms with Crippen LogP contribution in [-0.4, -0.2) is 28.8 Å². The van der Waals surface area contributed by atoms with E-state index in [1.54, 1.807) is 0 Å². The van der Waals surface area contributed by atoms with Gasteiger partial charge in [0.25, 0.3) is 5.56 Å². The molecule has 0 atom stereocenters. The smallest absolute Gasteiger partial charge is 0.339 e. The highest BCUT2D eigenvalue weighted by atomic mass is 35.5.